The lowest BCUT2D eigenvalue weighted by Crippen LogP contribution is -2.22. The number of hydrogen-bond acceptors (Lipinski definition) is 7. The molecule has 0 aliphatic heterocycles. The molecule has 1 unspecified atom stereocenters. The van der Waals surface area contributed by atoms with Crippen LogP contribution in [0.3, 0.4) is 0 Å². The number of carbonyl (C=O) groups excluding carboxylic acids is 2. The molecular weight excluding hydrogens is 520 g/mol. The molecule has 2 aromatic carbocycles. The van der Waals surface area contributed by atoms with Crippen LogP contribution >= 0.6 is 0 Å². The molecule has 0 bridgehead atoms. The quantitative estimate of drug-likeness (QED) is 0.222. The van der Waals surface area contributed by atoms with Crippen LogP contribution < -0.4 is 24.8 Å². The third kappa shape index (κ3) is 8.19. The molecule has 0 fully saturated rings. The Morgan fingerprint density at radius 1 is 0.927 bits per heavy atom. The summed E-state index contributed by atoms with van der Waals surface area (Å²) < 4.78 is 16.8. The zero-order chi connectivity index (χ0) is 30.0. The minimum Gasteiger partial charge on any atom is -0.493 e. The van der Waals surface area contributed by atoms with Gasteiger partial charge >= 0.3 is 0 Å². The number of ether oxygens (including phenoxy) is 3. The van der Waals surface area contributed by atoms with Gasteiger partial charge in [0.15, 0.2) is 17.3 Å². The Hall–Kier alpha value is -4.14. The Kier molecular flexibility index (Phi) is 11.1. The van der Waals surface area contributed by atoms with Gasteiger partial charge in [-0.3, -0.25) is 14.6 Å². The van der Waals surface area contributed by atoms with Crippen LogP contribution in [0.25, 0.3) is 0 Å². The zero-order valence-corrected chi connectivity index (χ0v) is 25.2. The fourth-order valence-electron chi connectivity index (χ4n) is 4.87. The maximum Gasteiger partial charge on any atom is 0.256 e. The van der Waals surface area contributed by atoms with Crippen molar-refractivity contribution in [3.8, 4) is 17.2 Å². The topological polar surface area (TPSA) is 112 Å². The number of rotatable bonds is 13. The van der Waals surface area contributed by atoms with Crippen LogP contribution in [0.15, 0.2) is 48.9 Å². The average Bonchev–Trinajstić information content (AvgIpc) is 2.95. The number of methoxy groups -OCH3 is 3. The van der Waals surface area contributed by atoms with Gasteiger partial charge in [-0.15, -0.1) is 0 Å². The molecule has 3 rings (SSSR count). The van der Waals surface area contributed by atoms with Crippen molar-refractivity contribution in [2.24, 2.45) is 0 Å². The smallest absolute Gasteiger partial charge is 0.256 e. The van der Waals surface area contributed by atoms with Crippen molar-refractivity contribution in [1.82, 2.24) is 9.97 Å². The van der Waals surface area contributed by atoms with Crippen molar-refractivity contribution in [2.75, 3.05) is 32.0 Å². The fraction of sp³-hybridized carbons (Fsp3) is 0.438. The highest BCUT2D eigenvalue weighted by Crippen LogP contribution is 2.44. The SMILES string of the molecule is CCCCCC(CC(=O)Nc1cc(C(=O)Nc2cnccn2)ccc1C(C)(C)C)c1ccc(OC)c(OC)c1OC. The number of unbranched alkanes of at least 4 members (excludes halogenated alkanes) is 2. The van der Waals surface area contributed by atoms with Crippen LogP contribution in [0.1, 0.15) is 87.2 Å². The number of hydrogen-bond donors (Lipinski definition) is 2. The Labute approximate surface area is 243 Å². The average molecular weight is 563 g/mol. The van der Waals surface area contributed by atoms with Crippen molar-refractivity contribution >= 4 is 23.3 Å². The molecule has 0 spiro atoms. The first-order valence-corrected chi connectivity index (χ1v) is 13.9. The molecule has 0 radical (unpaired) electrons. The van der Waals surface area contributed by atoms with Gasteiger partial charge in [-0.25, -0.2) is 4.98 Å². The number of anilines is 2. The van der Waals surface area contributed by atoms with Gasteiger partial charge in [0.25, 0.3) is 5.91 Å². The lowest BCUT2D eigenvalue weighted by molar-refractivity contribution is -0.116. The maximum absolute atomic E-state index is 13.6. The Balaban J connectivity index is 1.92. The molecule has 9 heteroatoms. The second-order valence-electron chi connectivity index (χ2n) is 10.9. The van der Waals surface area contributed by atoms with Gasteiger partial charge in [-0.1, -0.05) is 59.1 Å². The monoisotopic (exact) mass is 562 g/mol. The molecule has 1 atom stereocenters. The molecule has 0 saturated heterocycles. The first-order valence-electron chi connectivity index (χ1n) is 13.9. The predicted molar refractivity (Wildman–Crippen MR) is 161 cm³/mol. The summed E-state index contributed by atoms with van der Waals surface area (Å²) in [6.45, 7) is 8.36. The first kappa shape index (κ1) is 31.4. The minimum absolute atomic E-state index is 0.113. The third-order valence-corrected chi connectivity index (χ3v) is 6.93. The normalized spacial score (nSPS) is 11.9. The van der Waals surface area contributed by atoms with Gasteiger partial charge in [0.1, 0.15) is 0 Å². The standard InChI is InChI=1S/C32H42N4O5/c1-8-9-10-11-21(23-13-15-26(39-5)30(41-7)29(23)40-6)19-28(37)35-25-18-22(12-14-24(25)32(2,3)4)31(38)36-27-20-33-16-17-34-27/h12-18,20-21H,8-11,19H2,1-7H3,(H,35,37)(H,34,36,38). The van der Waals surface area contributed by atoms with Crippen LogP contribution in [0.5, 0.6) is 17.2 Å². The molecule has 1 heterocycles. The van der Waals surface area contributed by atoms with E-state index in [9.17, 15) is 9.59 Å². The number of aromatic nitrogens is 2. The Morgan fingerprint density at radius 3 is 2.29 bits per heavy atom. The van der Waals surface area contributed by atoms with Crippen LogP contribution in [0.2, 0.25) is 0 Å². The molecule has 0 aliphatic carbocycles. The number of benzene rings is 2. The van der Waals surface area contributed by atoms with E-state index < -0.39 is 0 Å². The van der Waals surface area contributed by atoms with E-state index in [0.29, 0.717) is 34.3 Å². The molecule has 0 saturated carbocycles. The highest BCUT2D eigenvalue weighted by Gasteiger charge is 2.26. The molecule has 1 aromatic heterocycles. The minimum atomic E-state index is -0.339. The van der Waals surface area contributed by atoms with Crippen molar-refractivity contribution in [3.05, 3.63) is 65.6 Å². The van der Waals surface area contributed by atoms with Gasteiger partial charge < -0.3 is 24.8 Å². The summed E-state index contributed by atoms with van der Waals surface area (Å²) in [5, 5.41) is 5.86. The summed E-state index contributed by atoms with van der Waals surface area (Å²) >= 11 is 0. The lowest BCUT2D eigenvalue weighted by atomic mass is 9.84. The number of nitrogens with one attached hydrogen (secondary N) is 2. The van der Waals surface area contributed by atoms with E-state index >= 15 is 0 Å². The second-order valence-corrected chi connectivity index (χ2v) is 10.9. The summed E-state index contributed by atoms with van der Waals surface area (Å²) in [6.07, 6.45) is 8.66. The van der Waals surface area contributed by atoms with Gasteiger partial charge in [-0.05, 0) is 41.5 Å². The number of carbonyl (C=O) groups is 2. The lowest BCUT2D eigenvalue weighted by Gasteiger charge is -2.25. The highest BCUT2D eigenvalue weighted by molar-refractivity contribution is 6.05. The largest absolute Gasteiger partial charge is 0.493 e. The Morgan fingerprint density at radius 2 is 1.68 bits per heavy atom. The van der Waals surface area contributed by atoms with E-state index in [1.165, 1.54) is 18.6 Å². The summed E-state index contributed by atoms with van der Waals surface area (Å²) in [5.41, 5.74) is 2.55. The number of nitrogens with zero attached hydrogens (tertiary/aromatic N) is 2. The van der Waals surface area contributed by atoms with E-state index in [4.69, 9.17) is 14.2 Å². The molecule has 41 heavy (non-hydrogen) atoms. The van der Waals surface area contributed by atoms with E-state index in [1.54, 1.807) is 33.5 Å². The van der Waals surface area contributed by atoms with E-state index in [0.717, 1.165) is 36.8 Å². The molecule has 3 aromatic rings. The second kappa shape index (κ2) is 14.5. The van der Waals surface area contributed by atoms with Crippen molar-refractivity contribution in [1.29, 1.82) is 0 Å². The van der Waals surface area contributed by atoms with Gasteiger partial charge in [-0.2, -0.15) is 0 Å². The maximum atomic E-state index is 13.6. The summed E-state index contributed by atoms with van der Waals surface area (Å²) in [6, 6.07) is 9.15. The van der Waals surface area contributed by atoms with Crippen LogP contribution in [0, 0.1) is 0 Å². The number of amides is 2. The molecule has 0 aliphatic rings. The van der Waals surface area contributed by atoms with Crippen LogP contribution in [-0.4, -0.2) is 43.1 Å². The van der Waals surface area contributed by atoms with Crippen LogP contribution in [-0.2, 0) is 10.2 Å². The van der Waals surface area contributed by atoms with Gasteiger partial charge in [0.2, 0.25) is 11.7 Å². The summed E-state index contributed by atoms with van der Waals surface area (Å²) in [7, 11) is 4.75. The van der Waals surface area contributed by atoms with E-state index in [-0.39, 0.29) is 29.6 Å². The molecule has 2 amide bonds. The first-order chi connectivity index (χ1) is 19.6. The summed E-state index contributed by atoms with van der Waals surface area (Å²) in [4.78, 5) is 34.7. The molecular formula is C32H42N4O5. The van der Waals surface area contributed by atoms with Crippen LogP contribution in [0.4, 0.5) is 11.5 Å². The molecule has 220 valence electrons. The van der Waals surface area contributed by atoms with E-state index in [1.807, 2.05) is 18.2 Å². The third-order valence-electron chi connectivity index (χ3n) is 6.93. The summed E-state index contributed by atoms with van der Waals surface area (Å²) in [5.74, 6) is 1.38. The van der Waals surface area contributed by atoms with Gasteiger partial charge in [0.05, 0.1) is 27.5 Å². The van der Waals surface area contributed by atoms with Crippen molar-refractivity contribution in [3.63, 3.8) is 0 Å². The molecule has 9 nitrogen and oxygen atoms in total. The van der Waals surface area contributed by atoms with Crippen molar-refractivity contribution < 1.29 is 23.8 Å². The van der Waals surface area contributed by atoms with Crippen molar-refractivity contribution in [2.45, 2.75) is 71.1 Å². The van der Waals surface area contributed by atoms with E-state index in [2.05, 4.69) is 48.3 Å². The fourth-order valence-corrected chi connectivity index (χ4v) is 4.87. The predicted octanol–water partition coefficient (Wildman–Crippen LogP) is 6.74. The Bertz CT molecular complexity index is 1320. The highest BCUT2D eigenvalue weighted by atomic mass is 16.5. The van der Waals surface area contributed by atoms with Gasteiger partial charge in [0, 0.05) is 35.6 Å². The molecule has 2 N–H and O–H groups in total. The zero-order valence-electron chi connectivity index (χ0n) is 25.2.